The van der Waals surface area contributed by atoms with Crippen LogP contribution in [0.15, 0.2) is 52.0 Å². The van der Waals surface area contributed by atoms with Gasteiger partial charge in [0.05, 0.1) is 0 Å². The van der Waals surface area contributed by atoms with Crippen LogP contribution < -0.4 is 10.5 Å². The highest BCUT2D eigenvalue weighted by atomic mass is 32.2. The fourth-order valence-electron chi connectivity index (χ4n) is 2.27. The quantitative estimate of drug-likeness (QED) is 0.640. The summed E-state index contributed by atoms with van der Waals surface area (Å²) < 4.78 is 27.3. The van der Waals surface area contributed by atoms with Gasteiger partial charge in [-0.25, -0.2) is 13.6 Å². The predicted octanol–water partition coefficient (Wildman–Crippen LogP) is 1.13. The summed E-state index contributed by atoms with van der Waals surface area (Å²) in [4.78, 5) is 23.1. The largest absolute Gasteiger partial charge is 0.481 e. The molecule has 1 amide bonds. The van der Waals surface area contributed by atoms with E-state index in [1.807, 2.05) is 30.3 Å². The highest BCUT2D eigenvalue weighted by molar-refractivity contribution is 7.89. The zero-order valence-electron chi connectivity index (χ0n) is 13.2. The number of hydrogen-bond acceptors (Lipinski definition) is 5. The SMILES string of the molecule is NS(=O)(=O)c1ccc(C(=O)NC(CCC(=O)O)Cc2ccccc2)o1. The first-order chi connectivity index (χ1) is 11.8. The molecule has 0 aliphatic heterocycles. The third-order valence-corrected chi connectivity index (χ3v) is 4.23. The second-order valence-corrected chi connectivity index (χ2v) is 6.95. The molecule has 0 saturated heterocycles. The smallest absolute Gasteiger partial charge is 0.303 e. The van der Waals surface area contributed by atoms with Crippen molar-refractivity contribution in [1.29, 1.82) is 0 Å². The van der Waals surface area contributed by atoms with Gasteiger partial charge in [0.1, 0.15) is 0 Å². The first-order valence-corrected chi connectivity index (χ1v) is 8.99. The highest BCUT2D eigenvalue weighted by Gasteiger charge is 2.20. The molecule has 2 rings (SSSR count). The molecule has 1 atom stereocenters. The number of hydrogen-bond donors (Lipinski definition) is 3. The molecule has 8 nitrogen and oxygen atoms in total. The molecule has 0 saturated carbocycles. The average molecular weight is 366 g/mol. The highest BCUT2D eigenvalue weighted by Crippen LogP contribution is 2.14. The number of nitrogens with two attached hydrogens (primary N) is 1. The number of carbonyl (C=O) groups excluding carboxylic acids is 1. The zero-order valence-corrected chi connectivity index (χ0v) is 14.0. The van der Waals surface area contributed by atoms with Gasteiger partial charge < -0.3 is 14.8 Å². The van der Waals surface area contributed by atoms with E-state index in [0.717, 1.165) is 11.6 Å². The van der Waals surface area contributed by atoms with E-state index in [0.29, 0.717) is 6.42 Å². The second-order valence-electron chi connectivity index (χ2n) is 5.46. The molecule has 0 aliphatic carbocycles. The van der Waals surface area contributed by atoms with E-state index in [1.165, 1.54) is 6.07 Å². The molecule has 2 aromatic rings. The van der Waals surface area contributed by atoms with Gasteiger partial charge in [0, 0.05) is 12.5 Å². The number of amides is 1. The van der Waals surface area contributed by atoms with E-state index in [2.05, 4.69) is 5.32 Å². The molecule has 9 heteroatoms. The normalized spacial score (nSPS) is 12.5. The van der Waals surface area contributed by atoms with Crippen molar-refractivity contribution in [3.63, 3.8) is 0 Å². The van der Waals surface area contributed by atoms with Gasteiger partial charge in [-0.1, -0.05) is 30.3 Å². The second kappa shape index (κ2) is 7.95. The Morgan fingerprint density at radius 1 is 1.16 bits per heavy atom. The summed E-state index contributed by atoms with van der Waals surface area (Å²) in [5.41, 5.74) is 0.933. The maximum absolute atomic E-state index is 12.2. The van der Waals surface area contributed by atoms with E-state index in [-0.39, 0.29) is 18.6 Å². The predicted molar refractivity (Wildman–Crippen MR) is 88.4 cm³/mol. The first kappa shape index (κ1) is 18.7. The number of carboxylic acids is 1. The maximum atomic E-state index is 12.2. The summed E-state index contributed by atoms with van der Waals surface area (Å²) in [6.45, 7) is 0. The standard InChI is InChI=1S/C16H18N2O6S/c17-25(22,23)15-9-7-13(24-15)16(21)18-12(6-8-14(19)20)10-11-4-2-1-3-5-11/h1-5,7,9,12H,6,8,10H2,(H,18,21)(H,19,20)(H2,17,22,23). The fraction of sp³-hybridized carbons (Fsp3) is 0.250. The van der Waals surface area contributed by atoms with Gasteiger partial charge in [-0.05, 0) is 30.5 Å². The molecule has 25 heavy (non-hydrogen) atoms. The summed E-state index contributed by atoms with van der Waals surface area (Å²) in [5.74, 6) is -1.82. The van der Waals surface area contributed by atoms with E-state index >= 15 is 0 Å². The molecule has 0 bridgehead atoms. The molecule has 1 heterocycles. The molecular formula is C16H18N2O6S. The van der Waals surface area contributed by atoms with Crippen LogP contribution in [0.3, 0.4) is 0 Å². The summed E-state index contributed by atoms with van der Waals surface area (Å²) in [6.07, 6.45) is 0.541. The Morgan fingerprint density at radius 2 is 1.84 bits per heavy atom. The molecule has 1 aromatic carbocycles. The van der Waals surface area contributed by atoms with E-state index in [4.69, 9.17) is 14.7 Å². The van der Waals surface area contributed by atoms with E-state index < -0.39 is 33.0 Å². The van der Waals surface area contributed by atoms with Crippen molar-refractivity contribution in [1.82, 2.24) is 5.32 Å². The van der Waals surface area contributed by atoms with Gasteiger partial charge in [0.2, 0.25) is 5.09 Å². The van der Waals surface area contributed by atoms with Crippen molar-refractivity contribution in [2.75, 3.05) is 0 Å². The Morgan fingerprint density at radius 3 is 2.40 bits per heavy atom. The van der Waals surface area contributed by atoms with Gasteiger partial charge in [-0.2, -0.15) is 0 Å². The third-order valence-electron chi connectivity index (χ3n) is 3.45. The molecule has 1 aromatic heterocycles. The number of aliphatic carboxylic acids is 1. The molecule has 4 N–H and O–H groups in total. The summed E-state index contributed by atoms with van der Waals surface area (Å²) in [6, 6.07) is 11.1. The monoisotopic (exact) mass is 366 g/mol. The van der Waals surface area contributed by atoms with Crippen LogP contribution in [0.2, 0.25) is 0 Å². The van der Waals surface area contributed by atoms with E-state index in [1.54, 1.807) is 0 Å². The molecule has 134 valence electrons. The van der Waals surface area contributed by atoms with Crippen molar-refractivity contribution in [2.45, 2.75) is 30.4 Å². The number of carboxylic acid groups (broad SMARTS) is 1. The van der Waals surface area contributed by atoms with Gasteiger partial charge in [0.15, 0.2) is 5.76 Å². The van der Waals surface area contributed by atoms with Crippen molar-refractivity contribution in [3.05, 3.63) is 53.8 Å². The van der Waals surface area contributed by atoms with Crippen LogP contribution in [0.25, 0.3) is 0 Å². The minimum atomic E-state index is -4.04. The lowest BCUT2D eigenvalue weighted by Crippen LogP contribution is -2.36. The summed E-state index contributed by atoms with van der Waals surface area (Å²) in [5, 5.41) is 16.0. The minimum Gasteiger partial charge on any atom is -0.481 e. The number of primary sulfonamides is 1. The molecular weight excluding hydrogens is 348 g/mol. The van der Waals surface area contributed by atoms with Crippen LogP contribution in [0.4, 0.5) is 0 Å². The number of carbonyl (C=O) groups is 2. The van der Waals surface area contributed by atoms with Crippen molar-refractivity contribution in [2.24, 2.45) is 5.14 Å². The number of rotatable bonds is 8. The third kappa shape index (κ3) is 5.73. The van der Waals surface area contributed by atoms with Gasteiger partial charge in [-0.15, -0.1) is 0 Å². The number of furan rings is 1. The topological polar surface area (TPSA) is 140 Å². The summed E-state index contributed by atoms with van der Waals surface area (Å²) in [7, 11) is -4.04. The van der Waals surface area contributed by atoms with Crippen LogP contribution in [0.1, 0.15) is 29.0 Å². The van der Waals surface area contributed by atoms with Gasteiger partial charge in [0.25, 0.3) is 15.9 Å². The fourth-order valence-corrected chi connectivity index (χ4v) is 2.74. The van der Waals surface area contributed by atoms with Crippen molar-refractivity contribution >= 4 is 21.9 Å². The lowest BCUT2D eigenvalue weighted by Gasteiger charge is -2.17. The molecule has 0 spiro atoms. The maximum Gasteiger partial charge on any atom is 0.303 e. The van der Waals surface area contributed by atoms with Crippen molar-refractivity contribution in [3.8, 4) is 0 Å². The lowest BCUT2D eigenvalue weighted by molar-refractivity contribution is -0.137. The van der Waals surface area contributed by atoms with Crippen molar-refractivity contribution < 1.29 is 27.5 Å². The molecule has 0 aliphatic rings. The van der Waals surface area contributed by atoms with Gasteiger partial charge in [-0.3, -0.25) is 9.59 Å². The first-order valence-electron chi connectivity index (χ1n) is 7.45. The minimum absolute atomic E-state index is 0.113. The molecule has 0 radical (unpaired) electrons. The molecule has 0 fully saturated rings. The summed E-state index contributed by atoms with van der Waals surface area (Å²) >= 11 is 0. The number of nitrogens with one attached hydrogen (secondary N) is 1. The Labute approximate surface area is 144 Å². The van der Waals surface area contributed by atoms with Crippen LogP contribution in [-0.2, 0) is 21.2 Å². The average Bonchev–Trinajstić information content (AvgIpc) is 3.04. The lowest BCUT2D eigenvalue weighted by atomic mass is 10.0. The zero-order chi connectivity index (χ0) is 18.4. The Balaban J connectivity index is 2.10. The van der Waals surface area contributed by atoms with Gasteiger partial charge >= 0.3 is 5.97 Å². The Kier molecular flexibility index (Phi) is 5.94. The number of sulfonamides is 1. The molecule has 1 unspecified atom stereocenters. The Bertz CT molecular complexity index is 845. The Hall–Kier alpha value is -2.65. The van der Waals surface area contributed by atoms with Crippen LogP contribution in [-0.4, -0.2) is 31.4 Å². The van der Waals surface area contributed by atoms with E-state index in [9.17, 15) is 18.0 Å². The van der Waals surface area contributed by atoms with Crippen LogP contribution in [0, 0.1) is 0 Å². The van der Waals surface area contributed by atoms with Crippen LogP contribution in [0.5, 0.6) is 0 Å². The number of benzene rings is 1. The van der Waals surface area contributed by atoms with Crippen LogP contribution >= 0.6 is 0 Å².